The van der Waals surface area contributed by atoms with E-state index < -0.39 is 0 Å². The van der Waals surface area contributed by atoms with Gasteiger partial charge in [0.2, 0.25) is 0 Å². The largest absolute Gasteiger partial charge is 0.459 e. The number of hydrogen-bond acceptors (Lipinski definition) is 16. The average Bonchev–Trinajstić information content (AvgIpc) is 1.68. The first-order valence-corrected chi connectivity index (χ1v) is 54.8. The van der Waals surface area contributed by atoms with Gasteiger partial charge in [-0.1, -0.05) is 166 Å². The van der Waals surface area contributed by atoms with Crippen LogP contribution in [0.15, 0.2) is 0 Å². The van der Waals surface area contributed by atoms with Crippen molar-refractivity contribution in [3.63, 3.8) is 0 Å². The number of hydrogen-bond donors (Lipinski definition) is 0. The third-order valence-corrected chi connectivity index (χ3v) is 35.0. The Kier molecular flexibility index (Phi) is 50.5. The van der Waals surface area contributed by atoms with Crippen molar-refractivity contribution < 1.29 is 76.3 Å². The van der Waals surface area contributed by atoms with Gasteiger partial charge in [0.05, 0.1) is 43.3 Å². The summed E-state index contributed by atoms with van der Waals surface area (Å²) in [5.41, 5.74) is -3.93. The smallest absolute Gasteiger partial charge is 0.312 e. The van der Waals surface area contributed by atoms with Crippen LogP contribution in [0.3, 0.4) is 0 Å². The fourth-order valence-corrected chi connectivity index (χ4v) is 19.4. The number of carbonyl (C=O) groups is 8. The second-order valence-electron chi connectivity index (χ2n) is 51.2. The second-order valence-corrected chi connectivity index (χ2v) is 51.2. The van der Waals surface area contributed by atoms with Gasteiger partial charge in [0, 0.05) is 10.8 Å². The van der Waals surface area contributed by atoms with Gasteiger partial charge < -0.3 is 37.9 Å². The molecular weight excluding hydrogens is 1660 g/mol. The van der Waals surface area contributed by atoms with Crippen LogP contribution >= 0.6 is 0 Å². The van der Waals surface area contributed by atoms with E-state index in [1.165, 1.54) is 103 Å². The lowest BCUT2D eigenvalue weighted by molar-refractivity contribution is -0.185. The monoisotopic (exact) mass is 1880 g/mol. The normalized spacial score (nSPS) is 20.2. The molecule has 0 aromatic carbocycles. The molecule has 0 spiro atoms. The van der Waals surface area contributed by atoms with Crippen molar-refractivity contribution in [2.75, 3.05) is 0 Å². The van der Waals surface area contributed by atoms with E-state index in [2.05, 4.69) is 125 Å². The van der Waals surface area contributed by atoms with Crippen molar-refractivity contribution in [2.24, 2.45) is 77.3 Å². The second kappa shape index (κ2) is 53.0. The fourth-order valence-electron chi connectivity index (χ4n) is 19.4. The van der Waals surface area contributed by atoms with Gasteiger partial charge in [-0.25, -0.2) is 0 Å². The van der Waals surface area contributed by atoms with Crippen molar-refractivity contribution in [3.8, 4) is 0 Å². The maximum atomic E-state index is 12.4. The van der Waals surface area contributed by atoms with Crippen molar-refractivity contribution in [3.05, 3.63) is 0 Å². The van der Waals surface area contributed by atoms with Gasteiger partial charge in [-0.3, -0.25) is 38.4 Å². The van der Waals surface area contributed by atoms with E-state index in [0.717, 1.165) is 193 Å². The molecule has 0 amide bonds. The predicted octanol–water partition coefficient (Wildman–Crippen LogP) is 33.7. The molecule has 16 heteroatoms. The third-order valence-electron chi connectivity index (χ3n) is 35.0. The van der Waals surface area contributed by atoms with Crippen LogP contribution in [0.2, 0.25) is 0 Å². The zero-order valence-corrected chi connectivity index (χ0v) is 95.3. The van der Waals surface area contributed by atoms with Crippen LogP contribution in [0.25, 0.3) is 0 Å². The van der Waals surface area contributed by atoms with Crippen LogP contribution in [-0.4, -0.2) is 92.6 Å². The van der Waals surface area contributed by atoms with Gasteiger partial charge in [0.1, 0.15) is 44.8 Å². The Morgan fingerprint density at radius 1 is 0.248 bits per heavy atom. The highest BCUT2D eigenvalue weighted by atomic mass is 16.6. The maximum Gasteiger partial charge on any atom is 0.312 e. The maximum absolute atomic E-state index is 12.4. The van der Waals surface area contributed by atoms with E-state index in [9.17, 15) is 38.4 Å². The molecule has 1 unspecified atom stereocenters. The van der Waals surface area contributed by atoms with E-state index in [4.69, 9.17) is 37.9 Å². The van der Waals surface area contributed by atoms with E-state index in [0.29, 0.717) is 17.8 Å². The molecule has 0 bridgehead atoms. The van der Waals surface area contributed by atoms with E-state index >= 15 is 0 Å². The number of ether oxygens (including phenoxy) is 8. The summed E-state index contributed by atoms with van der Waals surface area (Å²) >= 11 is 0. The molecule has 782 valence electrons. The van der Waals surface area contributed by atoms with E-state index in [1.54, 1.807) is 0 Å². The molecule has 0 radical (unpaired) electrons. The molecular formula is C117H218O16. The molecule has 8 aliphatic carbocycles. The number of esters is 8. The van der Waals surface area contributed by atoms with Crippen LogP contribution in [-0.2, 0) is 76.3 Å². The molecule has 0 saturated heterocycles. The topological polar surface area (TPSA) is 210 Å². The van der Waals surface area contributed by atoms with Gasteiger partial charge in [-0.15, -0.1) is 0 Å². The third kappa shape index (κ3) is 37.0. The Morgan fingerprint density at radius 2 is 0.481 bits per heavy atom. The van der Waals surface area contributed by atoms with Crippen LogP contribution < -0.4 is 0 Å². The highest BCUT2D eigenvalue weighted by molar-refractivity contribution is 5.80. The summed E-state index contributed by atoms with van der Waals surface area (Å²) in [6.45, 7) is 85.2. The van der Waals surface area contributed by atoms with Crippen molar-refractivity contribution in [1.82, 2.24) is 0 Å². The zero-order chi connectivity index (χ0) is 103. The molecule has 0 aromatic rings. The van der Waals surface area contributed by atoms with Crippen LogP contribution in [0.4, 0.5) is 0 Å². The summed E-state index contributed by atoms with van der Waals surface area (Å²) in [4.78, 5) is 97.6. The molecule has 0 heterocycles. The number of carbonyl (C=O) groups excluding carboxylic acids is 8. The molecule has 0 aliphatic heterocycles. The van der Waals surface area contributed by atoms with Gasteiger partial charge in [0.15, 0.2) is 0 Å². The SMILES string of the molecule is CCC(C)(C)C(=O)OC1(C(C)(C)C)CCCC1.CCC(C)(C)C(=O)OC1(C(C)(C)CC)CCCC1.CCC(C)(C)C(=O)OC1(C(C)C)CCCC1.CCC(C)(C)C(=O)OC1(C)CCCC1.CCC(C)(C)C(=O)OC1(CC(C)(C)C)CCCC1.CCC(C)C1(OC(=O)C(C)(C)CC)CCCC1.CCC(CC)C1(OC(=O)C(C)(C)CC)CCCC1.CCC1(OC(=O)C(C)(C)CC)CCCC1. The fraction of sp³-hybridized carbons (Fsp3) is 0.932. The van der Waals surface area contributed by atoms with Gasteiger partial charge in [0.25, 0.3) is 0 Å². The molecule has 16 nitrogen and oxygen atoms in total. The summed E-state index contributed by atoms with van der Waals surface area (Å²) in [7, 11) is 0. The lowest BCUT2D eigenvalue weighted by Crippen LogP contribution is -2.48. The first-order valence-electron chi connectivity index (χ1n) is 54.8. The minimum atomic E-state index is -0.362. The van der Waals surface area contributed by atoms with Crippen molar-refractivity contribution >= 4 is 47.8 Å². The Hall–Kier alpha value is -4.24. The minimum Gasteiger partial charge on any atom is -0.459 e. The van der Waals surface area contributed by atoms with Crippen LogP contribution in [0.1, 0.15) is 579 Å². The minimum absolute atomic E-state index is 0.00111. The summed E-state index contributed by atoms with van der Waals surface area (Å²) in [5.74, 6) is 1.26. The summed E-state index contributed by atoms with van der Waals surface area (Å²) in [6, 6.07) is 0. The standard InChI is InChI=1S/3C16H30O2.2C15H28O2.C14H26O2.C13H24O2.C12H22O2/c1-7-15(5,6)13(17)18-16(10-8-9-11-16)12-14(2,3)4;1-7-14(3,4)13(17)18-16(11-9-10-12-16)15(5,6)8-2;1-6-13(7-2)16(11-9-10-12-16)18-14(17)15(4,5)8-3;1-7-14(5,6)12(16)17-15(13(2,3)4)10-8-9-11-15;1-6-12(3)15(10-8-9-11-15)17-13(16)14(4,5)7-2;1-6-13(4,5)12(15)16-14(11(2)3)9-7-8-10-14;1-5-12(3,4)11(14)15-13(6-2)9-7-8-10-13;1-5-11(2,3)10(13)14-12(4)8-6-7-9-12/h2*7-12H2,1-6H3;13H,6-12H2,1-5H3;7-11H2,1-6H3;12H,6-11H2,1-5H3;11H,6-10H2,1-5H3;5-10H2,1-4H3;5-9H2,1-4H3. The van der Waals surface area contributed by atoms with E-state index in [1.807, 2.05) is 159 Å². The Labute approximate surface area is 820 Å². The Bertz CT molecular complexity index is 3430. The first-order chi connectivity index (χ1) is 60.9. The summed E-state index contributed by atoms with van der Waals surface area (Å²) in [5, 5.41) is 0. The zero-order valence-electron chi connectivity index (χ0n) is 95.3. The van der Waals surface area contributed by atoms with Gasteiger partial charge in [-0.2, -0.15) is 0 Å². The molecule has 0 aromatic heterocycles. The lowest BCUT2D eigenvalue weighted by Gasteiger charge is -2.44. The Morgan fingerprint density at radius 3 is 0.759 bits per heavy atom. The molecule has 1 atom stereocenters. The summed E-state index contributed by atoms with van der Waals surface area (Å²) < 4.78 is 47.3. The average molecular weight is 1880 g/mol. The summed E-state index contributed by atoms with van der Waals surface area (Å²) in [6.07, 6.45) is 48.6. The Balaban J connectivity index is 0.000000761. The molecule has 8 aliphatic rings. The molecule has 133 heavy (non-hydrogen) atoms. The first kappa shape index (κ1) is 127. The number of rotatable bonds is 34. The predicted molar refractivity (Wildman–Crippen MR) is 553 cm³/mol. The van der Waals surface area contributed by atoms with E-state index in [-0.39, 0.29) is 152 Å². The molecule has 0 N–H and O–H groups in total. The van der Waals surface area contributed by atoms with Crippen LogP contribution in [0, 0.1) is 77.3 Å². The molecule has 8 fully saturated rings. The van der Waals surface area contributed by atoms with Crippen molar-refractivity contribution in [1.29, 1.82) is 0 Å². The van der Waals surface area contributed by atoms with Gasteiger partial charge in [-0.05, 0) is 436 Å². The molecule has 8 rings (SSSR count). The lowest BCUT2D eigenvalue weighted by atomic mass is 9.71. The van der Waals surface area contributed by atoms with Gasteiger partial charge >= 0.3 is 47.8 Å². The molecule has 8 saturated carbocycles. The highest BCUT2D eigenvalue weighted by Crippen LogP contribution is 2.53. The quantitative estimate of drug-likeness (QED) is 0.0433. The van der Waals surface area contributed by atoms with Crippen molar-refractivity contribution in [2.45, 2.75) is 624 Å². The highest BCUT2D eigenvalue weighted by Gasteiger charge is 2.54. The van der Waals surface area contributed by atoms with Crippen LogP contribution in [0.5, 0.6) is 0 Å².